The van der Waals surface area contributed by atoms with Gasteiger partial charge in [-0.3, -0.25) is 4.99 Å². The maximum Gasteiger partial charge on any atom is 0.0287 e. The molecule has 0 fully saturated rings. The molecule has 0 saturated carbocycles. The van der Waals surface area contributed by atoms with E-state index in [1.807, 2.05) is 19.1 Å². The van der Waals surface area contributed by atoms with Gasteiger partial charge in [-0.25, -0.2) is 0 Å². The van der Waals surface area contributed by atoms with Crippen LogP contribution in [-0.2, 0) is 0 Å². The van der Waals surface area contributed by atoms with Crippen molar-refractivity contribution < 1.29 is 0 Å². The summed E-state index contributed by atoms with van der Waals surface area (Å²) in [7, 11) is 1.74. The average molecular weight is 161 g/mol. The van der Waals surface area contributed by atoms with Crippen molar-refractivity contribution in [3.05, 3.63) is 48.6 Å². The molecule has 0 aromatic carbocycles. The molecule has 0 amide bonds. The fraction of sp³-hybridized carbons (Fsp3) is 0.182. The van der Waals surface area contributed by atoms with Gasteiger partial charge in [0.1, 0.15) is 0 Å². The van der Waals surface area contributed by atoms with Crippen molar-refractivity contribution in [2.45, 2.75) is 6.92 Å². The van der Waals surface area contributed by atoms with Gasteiger partial charge >= 0.3 is 0 Å². The Kier molecular flexibility index (Phi) is 5.62. The van der Waals surface area contributed by atoms with Crippen molar-refractivity contribution >= 4 is 6.21 Å². The summed E-state index contributed by atoms with van der Waals surface area (Å²) < 4.78 is 0. The molecule has 0 aromatic heterocycles. The molecule has 1 nitrogen and oxygen atoms in total. The molecule has 0 aromatic rings. The van der Waals surface area contributed by atoms with Crippen molar-refractivity contribution in [3.8, 4) is 0 Å². The minimum Gasteiger partial charge on any atom is -0.296 e. The fourth-order valence-corrected chi connectivity index (χ4v) is 0.851. The third-order valence-corrected chi connectivity index (χ3v) is 1.39. The summed E-state index contributed by atoms with van der Waals surface area (Å²) >= 11 is 0. The Bertz CT molecular complexity index is 218. The van der Waals surface area contributed by atoms with Gasteiger partial charge in [0.25, 0.3) is 0 Å². The van der Waals surface area contributed by atoms with Crippen LogP contribution >= 0.6 is 0 Å². The molecule has 0 bridgehead atoms. The zero-order valence-corrected chi connectivity index (χ0v) is 7.75. The monoisotopic (exact) mass is 161 g/mol. The van der Waals surface area contributed by atoms with E-state index in [-0.39, 0.29) is 0 Å². The van der Waals surface area contributed by atoms with Crippen LogP contribution < -0.4 is 0 Å². The van der Waals surface area contributed by atoms with Gasteiger partial charge in [-0.2, -0.15) is 0 Å². The quantitative estimate of drug-likeness (QED) is 0.444. The maximum absolute atomic E-state index is 3.94. The highest BCUT2D eigenvalue weighted by molar-refractivity contribution is 5.84. The molecule has 0 aliphatic rings. The molecule has 0 aliphatic heterocycles. The van der Waals surface area contributed by atoms with E-state index in [2.05, 4.69) is 18.2 Å². The van der Waals surface area contributed by atoms with Crippen molar-refractivity contribution in [1.29, 1.82) is 0 Å². The molecule has 0 heterocycles. The second-order valence-corrected chi connectivity index (χ2v) is 2.21. The molecule has 0 rings (SSSR count). The van der Waals surface area contributed by atoms with Crippen LogP contribution in [0.3, 0.4) is 0 Å². The number of hydrogen-bond acceptors (Lipinski definition) is 1. The van der Waals surface area contributed by atoms with Crippen LogP contribution in [0.2, 0.25) is 0 Å². The molecule has 12 heavy (non-hydrogen) atoms. The number of allylic oxidation sites excluding steroid dienone is 6. The normalized spacial score (nSPS) is 10.5. The molecule has 0 radical (unpaired) electrons. The van der Waals surface area contributed by atoms with Gasteiger partial charge in [-0.05, 0) is 18.1 Å². The van der Waals surface area contributed by atoms with Gasteiger partial charge < -0.3 is 0 Å². The average Bonchev–Trinajstić information content (AvgIpc) is 2.07. The summed E-state index contributed by atoms with van der Waals surface area (Å²) in [6, 6.07) is 0. The van der Waals surface area contributed by atoms with Gasteiger partial charge in [-0.1, -0.05) is 37.5 Å². The Morgan fingerprint density at radius 3 is 2.08 bits per heavy atom. The lowest BCUT2D eigenvalue weighted by atomic mass is 10.1. The van der Waals surface area contributed by atoms with E-state index in [9.17, 15) is 0 Å². The molecular formula is C11H15N. The molecule has 0 N–H and O–H groups in total. The number of hydrogen-bond donors (Lipinski definition) is 0. The lowest BCUT2D eigenvalue weighted by Crippen LogP contribution is -1.85. The van der Waals surface area contributed by atoms with E-state index in [1.165, 1.54) is 0 Å². The van der Waals surface area contributed by atoms with Gasteiger partial charge in [0.05, 0.1) is 0 Å². The second kappa shape index (κ2) is 6.35. The minimum atomic E-state index is 0.999. The summed E-state index contributed by atoms with van der Waals surface area (Å²) in [6.45, 7) is 9.35. The lowest BCUT2D eigenvalue weighted by Gasteiger charge is -1.97. The fourth-order valence-electron chi connectivity index (χ4n) is 0.851. The molecule has 0 aliphatic carbocycles. The molecule has 0 spiro atoms. The van der Waals surface area contributed by atoms with Crippen LogP contribution in [0.1, 0.15) is 6.92 Å². The van der Waals surface area contributed by atoms with E-state index in [1.54, 1.807) is 25.4 Å². The number of aliphatic imine (C=N–C) groups is 1. The Morgan fingerprint density at radius 2 is 1.75 bits per heavy atom. The highest BCUT2D eigenvalue weighted by Crippen LogP contribution is 2.06. The van der Waals surface area contributed by atoms with Crippen LogP contribution in [0.5, 0.6) is 0 Å². The van der Waals surface area contributed by atoms with E-state index >= 15 is 0 Å². The molecule has 0 unspecified atom stereocenters. The second-order valence-electron chi connectivity index (χ2n) is 2.21. The van der Waals surface area contributed by atoms with Crippen LogP contribution in [0.25, 0.3) is 0 Å². The highest BCUT2D eigenvalue weighted by atomic mass is 14.6. The highest BCUT2D eigenvalue weighted by Gasteiger charge is 1.91. The molecular weight excluding hydrogens is 146 g/mol. The largest absolute Gasteiger partial charge is 0.296 e. The summed E-state index contributed by atoms with van der Waals surface area (Å²) in [4.78, 5) is 3.94. The molecule has 64 valence electrons. The van der Waals surface area contributed by atoms with Crippen LogP contribution in [0.4, 0.5) is 0 Å². The van der Waals surface area contributed by atoms with Crippen LogP contribution in [-0.4, -0.2) is 13.3 Å². The van der Waals surface area contributed by atoms with Gasteiger partial charge in [0, 0.05) is 13.3 Å². The smallest absolute Gasteiger partial charge is 0.0287 e. The SMILES string of the molecule is C=CC(C=C)=C(C=NC)/C=C\C. The van der Waals surface area contributed by atoms with E-state index in [0.717, 1.165) is 11.1 Å². The van der Waals surface area contributed by atoms with Gasteiger partial charge in [0.2, 0.25) is 0 Å². The van der Waals surface area contributed by atoms with E-state index < -0.39 is 0 Å². The lowest BCUT2D eigenvalue weighted by molar-refractivity contribution is 1.45. The Balaban J connectivity index is 5.00. The Labute approximate surface area is 74.5 Å². The molecule has 1 heteroatoms. The molecule has 0 atom stereocenters. The van der Waals surface area contributed by atoms with Crippen LogP contribution in [0, 0.1) is 0 Å². The van der Waals surface area contributed by atoms with Crippen molar-refractivity contribution in [3.63, 3.8) is 0 Å². The number of nitrogens with zero attached hydrogens (tertiary/aromatic N) is 1. The summed E-state index contributed by atoms with van der Waals surface area (Å²) in [5.41, 5.74) is 2.03. The standard InChI is InChI=1S/C11H15N/c1-5-8-11(9-12-4)10(6-2)7-3/h5-9H,2-3H2,1,4H3/b8-5-,12-9?. The van der Waals surface area contributed by atoms with Crippen molar-refractivity contribution in [1.82, 2.24) is 0 Å². The zero-order valence-electron chi connectivity index (χ0n) is 7.75. The van der Waals surface area contributed by atoms with Crippen LogP contribution in [0.15, 0.2) is 53.6 Å². The first-order chi connectivity index (χ1) is 5.79. The third kappa shape index (κ3) is 3.15. The summed E-state index contributed by atoms with van der Waals surface area (Å²) in [5, 5.41) is 0. The predicted molar refractivity (Wildman–Crippen MR) is 56.7 cm³/mol. The summed E-state index contributed by atoms with van der Waals surface area (Å²) in [6.07, 6.45) is 9.27. The predicted octanol–water partition coefficient (Wildman–Crippen LogP) is 2.93. The van der Waals surface area contributed by atoms with Gasteiger partial charge in [-0.15, -0.1) is 0 Å². The Hall–Kier alpha value is -1.37. The molecule has 0 saturated heterocycles. The topological polar surface area (TPSA) is 12.4 Å². The Morgan fingerprint density at radius 1 is 1.17 bits per heavy atom. The first-order valence-corrected chi connectivity index (χ1v) is 3.84. The first kappa shape index (κ1) is 10.6. The van der Waals surface area contributed by atoms with E-state index in [4.69, 9.17) is 0 Å². The maximum atomic E-state index is 3.94. The zero-order chi connectivity index (χ0) is 9.40. The third-order valence-electron chi connectivity index (χ3n) is 1.39. The minimum absolute atomic E-state index is 0.999. The first-order valence-electron chi connectivity index (χ1n) is 3.84. The van der Waals surface area contributed by atoms with Crippen molar-refractivity contribution in [2.24, 2.45) is 4.99 Å². The van der Waals surface area contributed by atoms with Crippen molar-refractivity contribution in [2.75, 3.05) is 7.05 Å². The van der Waals surface area contributed by atoms with E-state index in [0.29, 0.717) is 0 Å². The summed E-state index contributed by atoms with van der Waals surface area (Å²) in [5.74, 6) is 0. The van der Waals surface area contributed by atoms with Gasteiger partial charge in [0.15, 0.2) is 0 Å². The number of rotatable bonds is 4.